The lowest BCUT2D eigenvalue weighted by atomic mass is 9.98. The lowest BCUT2D eigenvalue weighted by molar-refractivity contribution is -0.131. The first kappa shape index (κ1) is 13.8. The van der Waals surface area contributed by atoms with Gasteiger partial charge in [-0.25, -0.2) is 4.79 Å². The van der Waals surface area contributed by atoms with Gasteiger partial charge >= 0.3 is 11.9 Å². The minimum Gasteiger partial charge on any atom is -0.478 e. The summed E-state index contributed by atoms with van der Waals surface area (Å²) in [5, 5.41) is 8.94. The summed E-state index contributed by atoms with van der Waals surface area (Å²) in [7, 11) is 0. The number of carboxylic acids is 1. The van der Waals surface area contributed by atoms with Crippen LogP contribution in [-0.4, -0.2) is 17.0 Å². The maximum Gasteiger partial charge on any atom is 0.335 e. The highest BCUT2D eigenvalue weighted by Crippen LogP contribution is 2.26. The van der Waals surface area contributed by atoms with E-state index in [-0.39, 0.29) is 11.5 Å². The van der Waals surface area contributed by atoms with E-state index in [0.717, 1.165) is 16.7 Å². The maximum absolute atomic E-state index is 10.9. The molecule has 4 nitrogen and oxygen atoms in total. The highest BCUT2D eigenvalue weighted by atomic mass is 16.5. The van der Waals surface area contributed by atoms with Gasteiger partial charge in [0, 0.05) is 6.92 Å². The van der Waals surface area contributed by atoms with Crippen molar-refractivity contribution in [2.24, 2.45) is 0 Å². The Labute approximate surface area is 116 Å². The molecule has 2 rings (SSSR count). The molecular weight excluding hydrogens is 256 g/mol. The molecule has 0 spiro atoms. The van der Waals surface area contributed by atoms with Crippen molar-refractivity contribution < 1.29 is 19.4 Å². The van der Waals surface area contributed by atoms with E-state index in [1.165, 1.54) is 6.92 Å². The van der Waals surface area contributed by atoms with E-state index >= 15 is 0 Å². The molecule has 1 N–H and O–H groups in total. The largest absolute Gasteiger partial charge is 0.478 e. The van der Waals surface area contributed by atoms with Crippen LogP contribution >= 0.6 is 0 Å². The number of carbonyl (C=O) groups is 2. The van der Waals surface area contributed by atoms with Gasteiger partial charge in [0.15, 0.2) is 0 Å². The van der Waals surface area contributed by atoms with E-state index in [1.54, 1.807) is 30.3 Å². The number of esters is 1. The molecule has 0 bridgehead atoms. The molecule has 2 aromatic rings. The van der Waals surface area contributed by atoms with Gasteiger partial charge in [0.2, 0.25) is 0 Å². The van der Waals surface area contributed by atoms with Crippen LogP contribution in [0.2, 0.25) is 0 Å². The third-order valence-electron chi connectivity index (χ3n) is 2.90. The summed E-state index contributed by atoms with van der Waals surface area (Å²) >= 11 is 0. The van der Waals surface area contributed by atoms with Gasteiger partial charge in [0.1, 0.15) is 5.75 Å². The van der Waals surface area contributed by atoms with E-state index in [1.807, 2.05) is 19.1 Å². The minimum absolute atomic E-state index is 0.266. The molecule has 0 aliphatic carbocycles. The van der Waals surface area contributed by atoms with E-state index in [2.05, 4.69) is 0 Å². The Morgan fingerprint density at radius 2 is 1.70 bits per heavy atom. The topological polar surface area (TPSA) is 63.6 Å². The molecule has 2 aromatic carbocycles. The van der Waals surface area contributed by atoms with Crippen molar-refractivity contribution in [3.8, 4) is 16.9 Å². The van der Waals surface area contributed by atoms with Crippen molar-refractivity contribution in [2.75, 3.05) is 0 Å². The van der Waals surface area contributed by atoms with Crippen molar-refractivity contribution in [1.29, 1.82) is 0 Å². The van der Waals surface area contributed by atoms with Crippen molar-refractivity contribution in [3.05, 3.63) is 53.6 Å². The van der Waals surface area contributed by atoms with E-state index in [4.69, 9.17) is 9.84 Å². The highest BCUT2D eigenvalue weighted by Gasteiger charge is 2.07. The van der Waals surface area contributed by atoms with Gasteiger partial charge in [-0.3, -0.25) is 4.79 Å². The Morgan fingerprint density at radius 3 is 2.20 bits per heavy atom. The third-order valence-corrected chi connectivity index (χ3v) is 2.90. The summed E-state index contributed by atoms with van der Waals surface area (Å²) in [6, 6.07) is 12.1. The summed E-state index contributed by atoms with van der Waals surface area (Å²) in [5.74, 6) is -0.814. The molecule has 0 fully saturated rings. The molecule has 0 aliphatic heterocycles. The fourth-order valence-corrected chi connectivity index (χ4v) is 1.99. The SMILES string of the molecule is CC(=O)Oc1ccc(-c2ccc(C(=O)O)cc2C)cc1. The number of carbonyl (C=O) groups excluding carboxylic acids is 1. The Kier molecular flexibility index (Phi) is 3.84. The average Bonchev–Trinajstić information content (AvgIpc) is 2.39. The number of aromatic carboxylic acids is 1. The molecule has 20 heavy (non-hydrogen) atoms. The van der Waals surface area contributed by atoms with Gasteiger partial charge in [0.25, 0.3) is 0 Å². The first-order valence-corrected chi connectivity index (χ1v) is 6.10. The van der Waals surface area contributed by atoms with Crippen molar-refractivity contribution in [2.45, 2.75) is 13.8 Å². The van der Waals surface area contributed by atoms with Crippen LogP contribution in [0.1, 0.15) is 22.8 Å². The molecule has 0 unspecified atom stereocenters. The van der Waals surface area contributed by atoms with E-state index in [9.17, 15) is 9.59 Å². The number of benzene rings is 2. The molecule has 102 valence electrons. The third kappa shape index (κ3) is 3.03. The van der Waals surface area contributed by atoms with Gasteiger partial charge in [0.05, 0.1) is 5.56 Å². The van der Waals surface area contributed by atoms with Crippen molar-refractivity contribution >= 4 is 11.9 Å². The fraction of sp³-hybridized carbons (Fsp3) is 0.125. The highest BCUT2D eigenvalue weighted by molar-refractivity contribution is 5.89. The summed E-state index contributed by atoms with van der Waals surface area (Å²) < 4.78 is 4.97. The molecule has 0 aliphatic rings. The molecule has 0 atom stereocenters. The van der Waals surface area contributed by atoms with Crippen LogP contribution in [0, 0.1) is 6.92 Å². The second-order valence-corrected chi connectivity index (χ2v) is 4.45. The second-order valence-electron chi connectivity index (χ2n) is 4.45. The van der Waals surface area contributed by atoms with Gasteiger partial charge < -0.3 is 9.84 Å². The summed E-state index contributed by atoms with van der Waals surface area (Å²) in [4.78, 5) is 21.7. The Morgan fingerprint density at radius 1 is 1.05 bits per heavy atom. The van der Waals surface area contributed by atoms with Gasteiger partial charge in [-0.05, 0) is 47.9 Å². The molecule has 4 heteroatoms. The predicted octanol–water partition coefficient (Wildman–Crippen LogP) is 3.29. The number of hydrogen-bond acceptors (Lipinski definition) is 3. The second kappa shape index (κ2) is 5.57. The lowest BCUT2D eigenvalue weighted by Gasteiger charge is -2.08. The van der Waals surface area contributed by atoms with Gasteiger partial charge in [-0.2, -0.15) is 0 Å². The first-order chi connectivity index (χ1) is 9.47. The van der Waals surface area contributed by atoms with Gasteiger partial charge in [-0.15, -0.1) is 0 Å². The molecule has 0 aromatic heterocycles. The number of aryl methyl sites for hydroxylation is 1. The molecule has 0 heterocycles. The fourth-order valence-electron chi connectivity index (χ4n) is 1.99. The van der Waals surface area contributed by atoms with Crippen LogP contribution in [0.3, 0.4) is 0 Å². The molecular formula is C16H14O4. The van der Waals surface area contributed by atoms with Crippen LogP contribution in [-0.2, 0) is 4.79 Å². The lowest BCUT2D eigenvalue weighted by Crippen LogP contribution is -2.01. The Balaban J connectivity index is 2.32. The molecule has 0 radical (unpaired) electrons. The number of carboxylic acid groups (broad SMARTS) is 1. The van der Waals surface area contributed by atoms with Crippen LogP contribution in [0.5, 0.6) is 5.75 Å². The zero-order valence-corrected chi connectivity index (χ0v) is 11.2. The first-order valence-electron chi connectivity index (χ1n) is 6.10. The molecule has 0 amide bonds. The Hall–Kier alpha value is -2.62. The van der Waals surface area contributed by atoms with E-state index < -0.39 is 5.97 Å². The summed E-state index contributed by atoms with van der Waals surface area (Å²) in [6.07, 6.45) is 0. The standard InChI is InChI=1S/C16H14O4/c1-10-9-13(16(18)19)5-8-15(10)12-3-6-14(7-4-12)20-11(2)17/h3-9H,1-2H3,(H,18,19). The van der Waals surface area contributed by atoms with Gasteiger partial charge in [-0.1, -0.05) is 18.2 Å². The van der Waals surface area contributed by atoms with E-state index in [0.29, 0.717) is 5.75 Å². The predicted molar refractivity (Wildman–Crippen MR) is 74.9 cm³/mol. The quantitative estimate of drug-likeness (QED) is 0.686. The Bertz CT molecular complexity index is 657. The van der Waals surface area contributed by atoms with Crippen molar-refractivity contribution in [1.82, 2.24) is 0 Å². The molecule has 0 saturated heterocycles. The maximum atomic E-state index is 10.9. The van der Waals surface area contributed by atoms with Crippen LogP contribution in [0.15, 0.2) is 42.5 Å². The van der Waals surface area contributed by atoms with Crippen LogP contribution < -0.4 is 4.74 Å². The average molecular weight is 270 g/mol. The number of ether oxygens (including phenoxy) is 1. The van der Waals surface area contributed by atoms with Crippen molar-refractivity contribution in [3.63, 3.8) is 0 Å². The van der Waals surface area contributed by atoms with Crippen LogP contribution in [0.4, 0.5) is 0 Å². The normalized spacial score (nSPS) is 10.1. The minimum atomic E-state index is -0.940. The number of hydrogen-bond donors (Lipinski definition) is 1. The number of rotatable bonds is 3. The summed E-state index contributed by atoms with van der Waals surface area (Å²) in [6.45, 7) is 3.21. The molecule has 0 saturated carbocycles. The zero-order chi connectivity index (χ0) is 14.7. The smallest absolute Gasteiger partial charge is 0.335 e. The monoisotopic (exact) mass is 270 g/mol. The summed E-state index contributed by atoms with van der Waals surface area (Å²) in [5.41, 5.74) is 3.03. The zero-order valence-electron chi connectivity index (χ0n) is 11.2. The van der Waals surface area contributed by atoms with Crippen LogP contribution in [0.25, 0.3) is 11.1 Å².